The lowest BCUT2D eigenvalue weighted by atomic mass is 10.1. The van der Waals surface area contributed by atoms with Crippen LogP contribution in [0.15, 0.2) is 47.9 Å². The Morgan fingerprint density at radius 1 is 1.00 bits per heavy atom. The average Bonchev–Trinajstić information content (AvgIpc) is 3.65. The Morgan fingerprint density at radius 2 is 1.70 bits per heavy atom. The van der Waals surface area contributed by atoms with Gasteiger partial charge in [-0.05, 0) is 43.5 Å². The van der Waals surface area contributed by atoms with Crippen LogP contribution in [0, 0.1) is 6.92 Å². The lowest BCUT2D eigenvalue weighted by molar-refractivity contribution is -0.0571. The van der Waals surface area contributed by atoms with Crippen molar-refractivity contribution < 1.29 is 22.8 Å². The quantitative estimate of drug-likeness (QED) is 0.476. The minimum absolute atomic E-state index is 0.00715. The van der Waals surface area contributed by atoms with Gasteiger partial charge in [0.15, 0.2) is 11.5 Å². The van der Waals surface area contributed by atoms with E-state index in [0.29, 0.717) is 62.0 Å². The first kappa shape index (κ1) is 28.6. The van der Waals surface area contributed by atoms with Crippen LogP contribution in [0.4, 0.5) is 29.5 Å². The Hall–Kier alpha value is -4.46. The zero-order valence-corrected chi connectivity index (χ0v) is 23.6. The molecule has 3 aliphatic heterocycles. The number of piperazine rings is 1. The zero-order chi connectivity index (χ0) is 30.3. The van der Waals surface area contributed by atoms with Crippen molar-refractivity contribution in [2.45, 2.75) is 32.0 Å². The predicted molar refractivity (Wildman–Crippen MR) is 155 cm³/mol. The number of piperidine rings is 1. The maximum Gasteiger partial charge on any atom is 0.433 e. The summed E-state index contributed by atoms with van der Waals surface area (Å²) in [6.07, 6.45) is 2.89. The van der Waals surface area contributed by atoms with Gasteiger partial charge in [-0.15, -0.1) is 0 Å². The van der Waals surface area contributed by atoms with Gasteiger partial charge >= 0.3 is 12.2 Å². The highest BCUT2D eigenvalue weighted by molar-refractivity contribution is 6.27. The van der Waals surface area contributed by atoms with Crippen molar-refractivity contribution in [1.82, 2.24) is 29.1 Å². The summed E-state index contributed by atoms with van der Waals surface area (Å²) in [5.41, 5.74) is 7.59. The Morgan fingerprint density at radius 3 is 2.40 bits per heavy atom. The number of rotatable bonds is 4. The van der Waals surface area contributed by atoms with Crippen LogP contribution >= 0.6 is 0 Å². The van der Waals surface area contributed by atoms with Crippen molar-refractivity contribution in [1.29, 1.82) is 0 Å². The van der Waals surface area contributed by atoms with Crippen LogP contribution in [-0.2, 0) is 0 Å². The van der Waals surface area contributed by atoms with E-state index in [1.165, 1.54) is 18.5 Å². The molecule has 3 aromatic rings. The van der Waals surface area contributed by atoms with Crippen molar-refractivity contribution >= 4 is 40.4 Å². The van der Waals surface area contributed by atoms with E-state index in [4.69, 9.17) is 5.73 Å². The number of hydrogen-bond donors (Lipinski definition) is 2. The molecule has 3 aliphatic rings. The number of halogens is 3. The van der Waals surface area contributed by atoms with Gasteiger partial charge in [0.25, 0.3) is 5.91 Å². The molecule has 226 valence electrons. The summed E-state index contributed by atoms with van der Waals surface area (Å²) in [4.78, 5) is 43.9. The summed E-state index contributed by atoms with van der Waals surface area (Å²) in [5.74, 6) is 0.248. The van der Waals surface area contributed by atoms with E-state index in [2.05, 4.69) is 20.3 Å². The second-order valence-electron chi connectivity index (χ2n) is 11.0. The number of anilines is 2. The maximum absolute atomic E-state index is 13.5. The largest absolute Gasteiger partial charge is 0.433 e. The van der Waals surface area contributed by atoms with Gasteiger partial charge in [-0.3, -0.25) is 14.2 Å². The number of allylic oxidation sites excluding steroid dienone is 1. The first-order chi connectivity index (χ1) is 20.6. The number of aryl methyl sites for hydroxylation is 1. The van der Waals surface area contributed by atoms with E-state index < -0.39 is 11.9 Å². The SMILES string of the molecule is Cc1cc(Nc2nccn3c(C4=CCN=C4C(F)(F)F)cnc23)ccc1C(=O)N1CCN(C(=O)N2CCC(N)CC2)CC1. The topological polar surface area (TPSA) is 124 Å². The lowest BCUT2D eigenvalue weighted by Gasteiger charge is -2.39. The van der Waals surface area contributed by atoms with Crippen LogP contribution in [0.25, 0.3) is 11.2 Å². The fraction of sp³-hybridized carbons (Fsp3) is 0.414. The van der Waals surface area contributed by atoms with Gasteiger partial charge in [0.2, 0.25) is 0 Å². The molecule has 0 bridgehead atoms. The number of fused-ring (bicyclic) bond motifs is 1. The van der Waals surface area contributed by atoms with Gasteiger partial charge in [0.1, 0.15) is 5.71 Å². The van der Waals surface area contributed by atoms with E-state index in [1.54, 1.807) is 32.5 Å². The molecule has 0 spiro atoms. The number of imidazole rings is 1. The van der Waals surface area contributed by atoms with Crippen LogP contribution in [0.5, 0.6) is 0 Å². The van der Waals surface area contributed by atoms with Crippen molar-refractivity contribution in [3.63, 3.8) is 0 Å². The number of nitrogens with zero attached hydrogens (tertiary/aromatic N) is 7. The third-order valence-electron chi connectivity index (χ3n) is 8.14. The first-order valence-corrected chi connectivity index (χ1v) is 14.2. The number of nitrogens with two attached hydrogens (primary N) is 1. The molecule has 2 saturated heterocycles. The molecule has 0 atom stereocenters. The average molecular weight is 596 g/mol. The number of benzene rings is 1. The number of carbonyl (C=O) groups is 2. The van der Waals surface area contributed by atoms with Gasteiger partial charge in [-0.25, -0.2) is 14.8 Å². The molecule has 2 fully saturated rings. The third-order valence-corrected chi connectivity index (χ3v) is 8.14. The number of likely N-dealkylation sites (tertiary alicyclic amines) is 1. The monoisotopic (exact) mass is 595 g/mol. The van der Waals surface area contributed by atoms with E-state index in [1.807, 2.05) is 17.9 Å². The third kappa shape index (κ3) is 5.66. The summed E-state index contributed by atoms with van der Waals surface area (Å²) in [6, 6.07) is 5.46. The number of amides is 3. The highest BCUT2D eigenvalue weighted by Crippen LogP contribution is 2.32. The Kier molecular flexibility index (Phi) is 7.54. The molecule has 43 heavy (non-hydrogen) atoms. The normalized spacial score (nSPS) is 18.2. The van der Waals surface area contributed by atoms with Crippen molar-refractivity contribution in [2.24, 2.45) is 10.7 Å². The minimum Gasteiger partial charge on any atom is -0.337 e. The molecule has 3 amide bonds. The highest BCUT2D eigenvalue weighted by Gasteiger charge is 2.40. The van der Waals surface area contributed by atoms with Crippen LogP contribution < -0.4 is 11.1 Å². The van der Waals surface area contributed by atoms with E-state index >= 15 is 0 Å². The van der Waals surface area contributed by atoms with Gasteiger partial charge < -0.3 is 25.8 Å². The van der Waals surface area contributed by atoms with E-state index in [0.717, 1.165) is 18.4 Å². The van der Waals surface area contributed by atoms with Gasteiger partial charge in [0.05, 0.1) is 18.4 Å². The van der Waals surface area contributed by atoms with Gasteiger partial charge in [-0.1, -0.05) is 6.08 Å². The standard InChI is InChI=1S/C29H32F3N9O2/c1-18-16-20(37-25-26-36-17-23(41(26)11-8-35-25)22-4-7-34-24(22)29(30,31)32)2-3-21(18)27(42)38-12-14-40(15-13-38)28(43)39-9-5-19(33)6-10-39/h2-4,8,11,16-17,19H,5-7,9-10,12-15,33H2,1H3,(H,35,37). The van der Waals surface area contributed by atoms with Crippen LogP contribution in [0.2, 0.25) is 0 Å². The summed E-state index contributed by atoms with van der Waals surface area (Å²) in [6.45, 7) is 4.96. The van der Waals surface area contributed by atoms with Gasteiger partial charge in [0, 0.05) is 74.5 Å². The number of alkyl halides is 3. The maximum atomic E-state index is 13.5. The molecule has 0 aliphatic carbocycles. The number of aliphatic imine (C=N–C) groups is 1. The first-order valence-electron chi connectivity index (χ1n) is 14.2. The summed E-state index contributed by atoms with van der Waals surface area (Å²) in [7, 11) is 0. The molecule has 6 rings (SSSR count). The summed E-state index contributed by atoms with van der Waals surface area (Å²) in [5, 5.41) is 3.18. The second kappa shape index (κ2) is 11.3. The van der Waals surface area contributed by atoms with E-state index in [9.17, 15) is 22.8 Å². The van der Waals surface area contributed by atoms with Crippen LogP contribution in [0.1, 0.15) is 34.5 Å². The zero-order valence-electron chi connectivity index (χ0n) is 23.6. The summed E-state index contributed by atoms with van der Waals surface area (Å²) < 4.78 is 42.0. The fourth-order valence-corrected chi connectivity index (χ4v) is 5.76. The molecule has 14 heteroatoms. The molecular weight excluding hydrogens is 563 g/mol. The summed E-state index contributed by atoms with van der Waals surface area (Å²) >= 11 is 0. The smallest absolute Gasteiger partial charge is 0.337 e. The van der Waals surface area contributed by atoms with Crippen molar-refractivity contribution in [3.8, 4) is 0 Å². The molecular formula is C29H32F3N9O2. The highest BCUT2D eigenvalue weighted by atomic mass is 19.4. The molecule has 2 aromatic heterocycles. The Labute approximate surface area is 245 Å². The number of aromatic nitrogens is 3. The molecule has 0 radical (unpaired) electrons. The Balaban J connectivity index is 1.12. The number of hydrogen-bond acceptors (Lipinski definition) is 7. The van der Waals surface area contributed by atoms with E-state index in [-0.39, 0.29) is 35.8 Å². The molecule has 0 saturated carbocycles. The van der Waals surface area contributed by atoms with Crippen LogP contribution in [-0.4, -0.2) is 105 Å². The number of nitrogens with one attached hydrogen (secondary N) is 1. The second-order valence-corrected chi connectivity index (χ2v) is 11.0. The lowest BCUT2D eigenvalue weighted by Crippen LogP contribution is -2.55. The number of carbonyl (C=O) groups excluding carboxylic acids is 2. The van der Waals surface area contributed by atoms with Gasteiger partial charge in [-0.2, -0.15) is 13.2 Å². The number of urea groups is 1. The predicted octanol–water partition coefficient (Wildman–Crippen LogP) is 3.48. The fourth-order valence-electron chi connectivity index (χ4n) is 5.76. The molecule has 1 aromatic carbocycles. The molecule has 3 N–H and O–H groups in total. The Bertz CT molecular complexity index is 1610. The van der Waals surface area contributed by atoms with Crippen molar-refractivity contribution in [3.05, 3.63) is 59.7 Å². The molecule has 0 unspecified atom stereocenters. The molecule has 5 heterocycles. The van der Waals surface area contributed by atoms with Crippen LogP contribution in [0.3, 0.4) is 0 Å². The molecule has 11 nitrogen and oxygen atoms in total. The minimum atomic E-state index is -4.56. The van der Waals surface area contributed by atoms with Crippen molar-refractivity contribution in [2.75, 3.05) is 51.1 Å².